The first-order chi connectivity index (χ1) is 7.04. The van der Waals surface area contributed by atoms with E-state index in [-0.39, 0.29) is 17.0 Å². The second-order valence-corrected chi connectivity index (χ2v) is 3.07. The summed E-state index contributed by atoms with van der Waals surface area (Å²) in [6.07, 6.45) is 0. The number of ether oxygens (including phenoxy) is 1. The van der Waals surface area contributed by atoms with E-state index >= 15 is 0 Å². The Kier molecular flexibility index (Phi) is 3.42. The Morgan fingerprint density at radius 1 is 1.60 bits per heavy atom. The van der Waals surface area contributed by atoms with E-state index in [2.05, 4.69) is 16.6 Å². The van der Waals surface area contributed by atoms with E-state index in [0.29, 0.717) is 5.02 Å². The first kappa shape index (κ1) is 11.2. The lowest BCUT2D eigenvalue weighted by molar-refractivity contribution is -0.133. The molecule has 0 aliphatic rings. The predicted molar refractivity (Wildman–Crippen MR) is 56.4 cm³/mol. The van der Waals surface area contributed by atoms with Crippen molar-refractivity contribution in [1.82, 2.24) is 0 Å². The van der Waals surface area contributed by atoms with Gasteiger partial charge in [0.25, 0.3) is 0 Å². The zero-order valence-corrected chi connectivity index (χ0v) is 8.63. The number of methoxy groups -OCH3 is 1. The summed E-state index contributed by atoms with van der Waals surface area (Å²) in [6, 6.07) is 2.80. The quantitative estimate of drug-likeness (QED) is 0.301. The fraction of sp³-hybridized carbons (Fsp3) is 0.100. The normalized spacial score (nSPS) is 8.93. The van der Waals surface area contributed by atoms with E-state index in [1.165, 1.54) is 19.2 Å². The van der Waals surface area contributed by atoms with Crippen molar-refractivity contribution in [3.8, 4) is 17.6 Å². The van der Waals surface area contributed by atoms with E-state index in [4.69, 9.17) is 17.3 Å². The zero-order valence-electron chi connectivity index (χ0n) is 7.87. The molecular weight excluding hydrogens is 218 g/mol. The van der Waals surface area contributed by atoms with Gasteiger partial charge in [-0.3, -0.25) is 0 Å². The number of carbonyl (C=O) groups excluding carboxylic acids is 1. The number of nitrogens with two attached hydrogens (primary N) is 1. The molecule has 4 nitrogen and oxygen atoms in total. The molecule has 0 saturated heterocycles. The number of aromatic hydroxyl groups is 1. The van der Waals surface area contributed by atoms with E-state index in [1.54, 1.807) is 0 Å². The van der Waals surface area contributed by atoms with E-state index in [9.17, 15) is 9.90 Å². The van der Waals surface area contributed by atoms with Gasteiger partial charge in [-0.2, -0.15) is 0 Å². The van der Waals surface area contributed by atoms with Crippen molar-refractivity contribution in [2.24, 2.45) is 0 Å². The first-order valence-electron chi connectivity index (χ1n) is 3.92. The second kappa shape index (κ2) is 4.58. The molecule has 1 rings (SSSR count). The Labute approximate surface area is 91.6 Å². The van der Waals surface area contributed by atoms with Crippen LogP contribution in [0.5, 0.6) is 5.75 Å². The molecule has 0 amide bonds. The van der Waals surface area contributed by atoms with Crippen LogP contribution in [0.4, 0.5) is 5.69 Å². The largest absolute Gasteiger partial charge is 0.505 e. The molecule has 1 aromatic rings. The number of rotatable bonds is 0. The highest BCUT2D eigenvalue weighted by atomic mass is 35.5. The molecule has 0 aliphatic carbocycles. The zero-order chi connectivity index (χ0) is 11.4. The fourth-order valence-electron chi connectivity index (χ4n) is 0.885. The Morgan fingerprint density at radius 3 is 2.87 bits per heavy atom. The number of nitrogen functional groups attached to an aromatic ring is 1. The minimum absolute atomic E-state index is 0.108. The molecule has 0 heterocycles. The highest BCUT2D eigenvalue weighted by molar-refractivity contribution is 6.31. The van der Waals surface area contributed by atoms with Gasteiger partial charge in [0.05, 0.1) is 18.4 Å². The van der Waals surface area contributed by atoms with Crippen LogP contribution in [-0.2, 0) is 9.53 Å². The molecule has 0 unspecified atom stereocenters. The van der Waals surface area contributed by atoms with Gasteiger partial charge in [0.15, 0.2) is 5.75 Å². The molecule has 0 spiro atoms. The van der Waals surface area contributed by atoms with Gasteiger partial charge in [0, 0.05) is 10.9 Å². The number of hydrogen-bond donors (Lipinski definition) is 2. The van der Waals surface area contributed by atoms with Gasteiger partial charge < -0.3 is 15.6 Å². The molecule has 0 bridgehead atoms. The summed E-state index contributed by atoms with van der Waals surface area (Å²) in [7, 11) is 1.21. The van der Waals surface area contributed by atoms with Crippen LogP contribution in [0.25, 0.3) is 0 Å². The van der Waals surface area contributed by atoms with Gasteiger partial charge in [0.2, 0.25) is 0 Å². The summed E-state index contributed by atoms with van der Waals surface area (Å²) < 4.78 is 4.31. The van der Waals surface area contributed by atoms with Gasteiger partial charge in [-0.25, -0.2) is 4.79 Å². The molecule has 0 aromatic heterocycles. The third-order valence-electron chi connectivity index (χ3n) is 1.59. The standard InChI is InChI=1S/C10H8ClNO3/c1-15-9(13)3-2-6-4-7(11)5-8(12)10(6)14/h4-5,14H,12H2,1H3. The van der Waals surface area contributed by atoms with Gasteiger partial charge in [-0.15, -0.1) is 0 Å². The summed E-state index contributed by atoms with van der Waals surface area (Å²) in [5, 5.41) is 9.80. The monoisotopic (exact) mass is 225 g/mol. The van der Waals surface area contributed by atoms with Gasteiger partial charge in [0.1, 0.15) is 0 Å². The van der Waals surface area contributed by atoms with Crippen LogP contribution in [0.3, 0.4) is 0 Å². The van der Waals surface area contributed by atoms with Crippen molar-refractivity contribution in [2.45, 2.75) is 0 Å². The van der Waals surface area contributed by atoms with E-state index in [1.807, 2.05) is 0 Å². The molecule has 0 fully saturated rings. The van der Waals surface area contributed by atoms with Crippen molar-refractivity contribution in [3.05, 3.63) is 22.7 Å². The lowest BCUT2D eigenvalue weighted by atomic mass is 10.2. The van der Waals surface area contributed by atoms with Crippen molar-refractivity contribution >= 4 is 23.3 Å². The first-order valence-corrected chi connectivity index (χ1v) is 4.30. The maximum absolute atomic E-state index is 10.7. The summed E-state index contributed by atoms with van der Waals surface area (Å²) in [6.45, 7) is 0. The van der Waals surface area contributed by atoms with Crippen molar-refractivity contribution < 1.29 is 14.6 Å². The predicted octanol–water partition coefficient (Wildman–Crippen LogP) is 1.15. The Balaban J connectivity index is 3.13. The van der Waals surface area contributed by atoms with Crippen LogP contribution >= 0.6 is 11.6 Å². The molecular formula is C10H8ClNO3. The Morgan fingerprint density at radius 2 is 2.27 bits per heavy atom. The highest BCUT2D eigenvalue weighted by Gasteiger charge is 2.04. The Hall–Kier alpha value is -1.86. The SMILES string of the molecule is COC(=O)C#Cc1cc(Cl)cc(N)c1O. The van der Waals surface area contributed by atoms with Crippen LogP contribution < -0.4 is 5.73 Å². The van der Waals surface area contributed by atoms with Gasteiger partial charge in [-0.05, 0) is 12.1 Å². The molecule has 0 radical (unpaired) electrons. The minimum Gasteiger partial charge on any atom is -0.505 e. The average Bonchev–Trinajstić information content (AvgIpc) is 2.20. The summed E-state index contributed by atoms with van der Waals surface area (Å²) >= 11 is 5.70. The molecule has 0 saturated carbocycles. The maximum Gasteiger partial charge on any atom is 0.384 e. The number of hydrogen-bond acceptors (Lipinski definition) is 4. The molecule has 1 aromatic carbocycles. The van der Waals surface area contributed by atoms with Gasteiger partial charge in [-0.1, -0.05) is 17.5 Å². The molecule has 0 atom stereocenters. The Bertz CT molecular complexity index is 460. The minimum atomic E-state index is -0.701. The number of esters is 1. The van der Waals surface area contributed by atoms with Crippen molar-refractivity contribution in [2.75, 3.05) is 12.8 Å². The average molecular weight is 226 g/mol. The lowest BCUT2D eigenvalue weighted by Crippen LogP contribution is -1.95. The molecule has 5 heteroatoms. The van der Waals surface area contributed by atoms with E-state index in [0.717, 1.165) is 0 Å². The molecule has 3 N–H and O–H groups in total. The van der Waals surface area contributed by atoms with Crippen LogP contribution in [-0.4, -0.2) is 18.2 Å². The van der Waals surface area contributed by atoms with Crippen LogP contribution in [0.2, 0.25) is 5.02 Å². The number of halogens is 1. The third-order valence-corrected chi connectivity index (χ3v) is 1.81. The van der Waals surface area contributed by atoms with Gasteiger partial charge >= 0.3 is 5.97 Å². The van der Waals surface area contributed by atoms with Crippen molar-refractivity contribution in [3.63, 3.8) is 0 Å². The molecule has 78 valence electrons. The molecule has 0 aliphatic heterocycles. The van der Waals surface area contributed by atoms with E-state index < -0.39 is 5.97 Å². The number of anilines is 1. The highest BCUT2D eigenvalue weighted by Crippen LogP contribution is 2.28. The fourth-order valence-corrected chi connectivity index (χ4v) is 1.11. The summed E-state index contributed by atoms with van der Waals surface area (Å²) in [5.74, 6) is 3.67. The molecule has 15 heavy (non-hydrogen) atoms. The van der Waals surface area contributed by atoms with Crippen molar-refractivity contribution in [1.29, 1.82) is 0 Å². The maximum atomic E-state index is 10.7. The summed E-state index contributed by atoms with van der Waals surface area (Å²) in [5.41, 5.74) is 5.74. The number of benzene rings is 1. The lowest BCUT2D eigenvalue weighted by Gasteiger charge is -2.01. The van der Waals surface area contributed by atoms with Crippen LogP contribution in [0, 0.1) is 11.8 Å². The smallest absolute Gasteiger partial charge is 0.384 e. The number of carbonyl (C=O) groups is 1. The number of phenols is 1. The summed E-state index contributed by atoms with van der Waals surface area (Å²) in [4.78, 5) is 10.7. The van der Waals surface area contributed by atoms with Crippen LogP contribution in [0.15, 0.2) is 12.1 Å². The third kappa shape index (κ3) is 2.79. The second-order valence-electron chi connectivity index (χ2n) is 2.63. The topological polar surface area (TPSA) is 72.5 Å². The van der Waals surface area contributed by atoms with Crippen LogP contribution in [0.1, 0.15) is 5.56 Å². The number of phenolic OH excluding ortho intramolecular Hbond substituents is 1.